The highest BCUT2D eigenvalue weighted by molar-refractivity contribution is 6.13. The predicted octanol–water partition coefficient (Wildman–Crippen LogP) is 2.80. The fourth-order valence-electron chi connectivity index (χ4n) is 1.79. The average Bonchev–Trinajstić information content (AvgIpc) is 2.25. The van der Waals surface area contributed by atoms with Gasteiger partial charge in [-0.05, 0) is 39.0 Å². The number of rotatable bonds is 1. The van der Waals surface area contributed by atoms with Crippen molar-refractivity contribution in [2.24, 2.45) is 0 Å². The van der Waals surface area contributed by atoms with Crippen molar-refractivity contribution in [3.8, 4) is 5.75 Å². The zero-order valence-electron chi connectivity index (χ0n) is 10.2. The van der Waals surface area contributed by atoms with Crippen molar-refractivity contribution in [1.29, 1.82) is 0 Å². The second kappa shape index (κ2) is 3.55. The van der Waals surface area contributed by atoms with Crippen molar-refractivity contribution >= 4 is 11.6 Å². The molecule has 0 radical (unpaired) electrons. The predicted molar refractivity (Wildman–Crippen MR) is 64.6 cm³/mol. The van der Waals surface area contributed by atoms with Gasteiger partial charge in [0, 0.05) is 11.1 Å². The molecular formula is C14H14O3. The highest BCUT2D eigenvalue weighted by Crippen LogP contribution is 2.36. The van der Waals surface area contributed by atoms with E-state index in [2.05, 4.69) is 6.58 Å². The molecule has 0 aliphatic carbocycles. The second-order valence-corrected chi connectivity index (χ2v) is 4.69. The molecule has 2 rings (SSSR count). The number of carbonyl (C=O) groups excluding carboxylic acids is 2. The van der Waals surface area contributed by atoms with Gasteiger partial charge in [-0.1, -0.05) is 6.58 Å². The minimum atomic E-state index is -0.693. The summed E-state index contributed by atoms with van der Waals surface area (Å²) in [7, 11) is 0. The Kier molecular flexibility index (Phi) is 2.42. The molecule has 0 bridgehead atoms. The summed E-state index contributed by atoms with van der Waals surface area (Å²) in [6.45, 7) is 8.83. The summed E-state index contributed by atoms with van der Waals surface area (Å²) in [6, 6.07) is 4.90. The Morgan fingerprint density at radius 1 is 1.35 bits per heavy atom. The minimum absolute atomic E-state index is 0.0731. The van der Waals surface area contributed by atoms with E-state index in [4.69, 9.17) is 4.74 Å². The maximum absolute atomic E-state index is 12.1. The summed E-state index contributed by atoms with van der Waals surface area (Å²) in [5.74, 6) is 0.285. The lowest BCUT2D eigenvalue weighted by molar-refractivity contribution is 0.0859. The third kappa shape index (κ3) is 1.78. The third-order valence-corrected chi connectivity index (χ3v) is 3.00. The first-order valence-electron chi connectivity index (χ1n) is 5.41. The van der Waals surface area contributed by atoms with Crippen molar-refractivity contribution in [2.75, 3.05) is 0 Å². The molecule has 0 atom stereocenters. The van der Waals surface area contributed by atoms with E-state index >= 15 is 0 Å². The van der Waals surface area contributed by atoms with Gasteiger partial charge in [0.1, 0.15) is 11.4 Å². The van der Waals surface area contributed by atoms with Crippen LogP contribution < -0.4 is 4.74 Å². The molecule has 1 heterocycles. The van der Waals surface area contributed by atoms with E-state index in [-0.39, 0.29) is 11.6 Å². The van der Waals surface area contributed by atoms with Crippen molar-refractivity contribution < 1.29 is 14.3 Å². The van der Waals surface area contributed by atoms with Crippen LogP contribution in [0.15, 0.2) is 30.4 Å². The standard InChI is InChI=1S/C14H14O3/c1-8-13(16)11-7-10(9(2)15)5-6-12(11)17-14(8,3)4/h5-7H,1H2,2-4H3. The lowest BCUT2D eigenvalue weighted by Gasteiger charge is -2.33. The van der Waals surface area contributed by atoms with Crippen LogP contribution in [-0.2, 0) is 0 Å². The summed E-state index contributed by atoms with van der Waals surface area (Å²) >= 11 is 0. The van der Waals surface area contributed by atoms with Gasteiger partial charge in [-0.2, -0.15) is 0 Å². The van der Waals surface area contributed by atoms with Crippen LogP contribution in [0.2, 0.25) is 0 Å². The lowest BCUT2D eigenvalue weighted by atomic mass is 9.87. The van der Waals surface area contributed by atoms with E-state index in [1.54, 1.807) is 32.0 Å². The van der Waals surface area contributed by atoms with Crippen molar-refractivity contribution in [3.63, 3.8) is 0 Å². The van der Waals surface area contributed by atoms with Crippen LogP contribution in [0.3, 0.4) is 0 Å². The topological polar surface area (TPSA) is 43.4 Å². The smallest absolute Gasteiger partial charge is 0.196 e. The summed E-state index contributed by atoms with van der Waals surface area (Å²) in [4.78, 5) is 23.4. The van der Waals surface area contributed by atoms with Crippen LogP contribution in [0.25, 0.3) is 0 Å². The molecule has 0 N–H and O–H groups in total. The monoisotopic (exact) mass is 230 g/mol. The molecule has 1 aliphatic rings. The first-order chi connectivity index (χ1) is 7.83. The number of ketones is 2. The van der Waals surface area contributed by atoms with Crippen LogP contribution in [0, 0.1) is 0 Å². The molecule has 1 aromatic rings. The number of benzene rings is 1. The highest BCUT2D eigenvalue weighted by Gasteiger charge is 2.36. The van der Waals surface area contributed by atoms with Gasteiger partial charge >= 0.3 is 0 Å². The normalized spacial score (nSPS) is 17.4. The fraction of sp³-hybridized carbons (Fsp3) is 0.286. The van der Waals surface area contributed by atoms with E-state index < -0.39 is 5.60 Å². The number of Topliss-reactive ketones (excluding diaryl/α,β-unsaturated/α-hetero) is 2. The largest absolute Gasteiger partial charge is 0.482 e. The van der Waals surface area contributed by atoms with E-state index in [1.165, 1.54) is 6.92 Å². The average molecular weight is 230 g/mol. The van der Waals surface area contributed by atoms with Crippen molar-refractivity contribution in [1.82, 2.24) is 0 Å². The molecule has 88 valence electrons. The van der Waals surface area contributed by atoms with Gasteiger partial charge in [0.2, 0.25) is 0 Å². The summed E-state index contributed by atoms with van der Waals surface area (Å²) in [6.07, 6.45) is 0. The molecule has 0 aromatic heterocycles. The Morgan fingerprint density at radius 3 is 2.59 bits per heavy atom. The Hall–Kier alpha value is -1.90. The molecule has 0 amide bonds. The molecule has 0 fully saturated rings. The fourth-order valence-corrected chi connectivity index (χ4v) is 1.79. The van der Waals surface area contributed by atoms with Gasteiger partial charge < -0.3 is 4.74 Å². The van der Waals surface area contributed by atoms with Gasteiger partial charge in [-0.15, -0.1) is 0 Å². The zero-order chi connectivity index (χ0) is 12.8. The second-order valence-electron chi connectivity index (χ2n) is 4.69. The molecule has 17 heavy (non-hydrogen) atoms. The molecule has 3 heteroatoms. The Bertz CT molecular complexity index is 538. The minimum Gasteiger partial charge on any atom is -0.482 e. The molecule has 0 saturated heterocycles. The third-order valence-electron chi connectivity index (χ3n) is 3.00. The zero-order valence-corrected chi connectivity index (χ0v) is 10.2. The molecule has 0 spiro atoms. The van der Waals surface area contributed by atoms with Crippen LogP contribution in [-0.4, -0.2) is 17.2 Å². The van der Waals surface area contributed by atoms with Crippen LogP contribution in [0.1, 0.15) is 41.5 Å². The van der Waals surface area contributed by atoms with Gasteiger partial charge in [0.05, 0.1) is 5.56 Å². The van der Waals surface area contributed by atoms with E-state index in [0.717, 1.165) is 0 Å². The lowest BCUT2D eigenvalue weighted by Crippen LogP contribution is -2.38. The first-order valence-corrected chi connectivity index (χ1v) is 5.41. The van der Waals surface area contributed by atoms with Crippen LogP contribution >= 0.6 is 0 Å². The maximum atomic E-state index is 12.1. The molecule has 0 saturated carbocycles. The molecule has 3 nitrogen and oxygen atoms in total. The first kappa shape index (κ1) is 11.6. The maximum Gasteiger partial charge on any atom is 0.196 e. The summed E-state index contributed by atoms with van der Waals surface area (Å²) in [5, 5.41) is 0. The van der Waals surface area contributed by atoms with Gasteiger partial charge in [-0.25, -0.2) is 0 Å². The number of carbonyl (C=O) groups is 2. The van der Waals surface area contributed by atoms with Crippen LogP contribution in [0.4, 0.5) is 0 Å². The van der Waals surface area contributed by atoms with E-state index in [1.807, 2.05) is 0 Å². The quantitative estimate of drug-likeness (QED) is 0.550. The molecule has 1 aliphatic heterocycles. The van der Waals surface area contributed by atoms with E-state index in [0.29, 0.717) is 22.4 Å². The Balaban J connectivity index is 2.58. The summed E-state index contributed by atoms with van der Waals surface area (Å²) in [5.41, 5.74) is 0.642. The molecular weight excluding hydrogens is 216 g/mol. The number of hydrogen-bond acceptors (Lipinski definition) is 3. The van der Waals surface area contributed by atoms with Crippen LogP contribution in [0.5, 0.6) is 5.75 Å². The van der Waals surface area contributed by atoms with E-state index in [9.17, 15) is 9.59 Å². The Labute approximate surface area is 100 Å². The Morgan fingerprint density at radius 2 is 2.00 bits per heavy atom. The van der Waals surface area contributed by atoms with Crippen molar-refractivity contribution in [2.45, 2.75) is 26.4 Å². The summed E-state index contributed by atoms with van der Waals surface area (Å²) < 4.78 is 5.71. The highest BCUT2D eigenvalue weighted by atomic mass is 16.5. The molecule has 1 aromatic carbocycles. The SMILES string of the molecule is C=C1C(=O)c2cc(C(C)=O)ccc2OC1(C)C. The number of hydrogen-bond donors (Lipinski definition) is 0. The van der Waals surface area contributed by atoms with Crippen molar-refractivity contribution in [3.05, 3.63) is 41.5 Å². The van der Waals surface area contributed by atoms with Gasteiger partial charge in [0.15, 0.2) is 11.6 Å². The molecule has 0 unspecified atom stereocenters. The number of ether oxygens (including phenoxy) is 1. The number of fused-ring (bicyclic) bond motifs is 1. The van der Waals surface area contributed by atoms with Gasteiger partial charge in [-0.3, -0.25) is 9.59 Å². The van der Waals surface area contributed by atoms with Gasteiger partial charge in [0.25, 0.3) is 0 Å².